The van der Waals surface area contributed by atoms with Gasteiger partial charge in [-0.05, 0) is 61.9 Å². The summed E-state index contributed by atoms with van der Waals surface area (Å²) in [6.07, 6.45) is 4.49. The number of amides is 2. The number of ether oxygens (including phenoxy) is 1. The van der Waals surface area contributed by atoms with Crippen molar-refractivity contribution in [1.29, 1.82) is 0 Å². The molecule has 0 radical (unpaired) electrons. The molecule has 1 aliphatic carbocycles. The van der Waals surface area contributed by atoms with Crippen LogP contribution < -0.4 is 15.8 Å². The Labute approximate surface area is 233 Å². The maximum absolute atomic E-state index is 13.3. The van der Waals surface area contributed by atoms with Gasteiger partial charge in [-0.2, -0.15) is 5.10 Å². The highest BCUT2D eigenvalue weighted by atomic mass is 19.4. The van der Waals surface area contributed by atoms with Crippen molar-refractivity contribution in [2.24, 2.45) is 0 Å². The van der Waals surface area contributed by atoms with Gasteiger partial charge in [0.25, 0.3) is 5.97 Å². The highest BCUT2D eigenvalue weighted by Gasteiger charge is 2.48. The number of carbonyl (C=O) groups is 2. The first-order chi connectivity index (χ1) is 19.4. The van der Waals surface area contributed by atoms with Crippen LogP contribution in [0.4, 0.5) is 23.8 Å². The number of rotatable bonds is 4. The van der Waals surface area contributed by atoms with Gasteiger partial charge in [-0.1, -0.05) is 0 Å². The molecule has 2 aliphatic heterocycles. The highest BCUT2D eigenvalue weighted by molar-refractivity contribution is 5.76. The normalized spacial score (nSPS) is 20.5. The molecule has 2 amide bonds. The molecule has 218 valence electrons. The van der Waals surface area contributed by atoms with Crippen molar-refractivity contribution in [2.45, 2.75) is 62.9 Å². The molecule has 3 aromatic heterocycles. The maximum Gasteiger partial charge on any atom is 0.573 e. The molecule has 11 nitrogen and oxygen atoms in total. The summed E-state index contributed by atoms with van der Waals surface area (Å²) in [6, 6.07) is 6.91. The molecule has 14 heteroatoms. The molecule has 6 rings (SSSR count). The van der Waals surface area contributed by atoms with E-state index in [4.69, 9.17) is 15.6 Å². The first-order valence-corrected chi connectivity index (χ1v) is 13.2. The van der Waals surface area contributed by atoms with Gasteiger partial charge in [0.05, 0.1) is 11.2 Å². The van der Waals surface area contributed by atoms with Gasteiger partial charge in [0, 0.05) is 61.8 Å². The van der Waals surface area contributed by atoms with E-state index < -0.39 is 18.1 Å². The first-order valence-electron chi connectivity index (χ1n) is 13.2. The number of halogens is 3. The largest absolute Gasteiger partial charge is 0.573 e. The molecule has 4 N–H and O–H groups in total. The van der Waals surface area contributed by atoms with Crippen LogP contribution in [0.25, 0.3) is 11.3 Å². The highest BCUT2D eigenvalue weighted by Crippen LogP contribution is 2.45. The molecule has 1 saturated carbocycles. The summed E-state index contributed by atoms with van der Waals surface area (Å²) in [5, 5.41) is 15.3. The Bertz CT molecular complexity index is 1440. The molecule has 1 saturated heterocycles. The number of nitrogens with two attached hydrogens (primary N) is 1. The van der Waals surface area contributed by atoms with Crippen LogP contribution in [0.2, 0.25) is 0 Å². The van der Waals surface area contributed by atoms with Crippen LogP contribution in [0.1, 0.15) is 50.3 Å². The predicted molar refractivity (Wildman–Crippen MR) is 141 cm³/mol. The van der Waals surface area contributed by atoms with E-state index in [-0.39, 0.29) is 22.8 Å². The molecule has 41 heavy (non-hydrogen) atoms. The van der Waals surface area contributed by atoms with Crippen LogP contribution in [0.5, 0.6) is 5.75 Å². The number of carboxylic acid groups (broad SMARTS) is 1. The van der Waals surface area contributed by atoms with E-state index in [1.54, 1.807) is 12.4 Å². The minimum Gasteiger partial charge on any atom is -0.481 e. The second-order valence-electron chi connectivity index (χ2n) is 10.6. The number of fused-ring (bicyclic) bond motifs is 2. The number of carbonyl (C=O) groups excluding carboxylic acids is 1. The molecule has 0 bridgehead atoms. The average Bonchev–Trinajstić information content (AvgIpc) is 3.59. The van der Waals surface area contributed by atoms with Gasteiger partial charge in [0.15, 0.2) is 11.6 Å². The van der Waals surface area contributed by atoms with E-state index in [1.807, 2.05) is 27.8 Å². The Morgan fingerprint density at radius 2 is 1.80 bits per heavy atom. The predicted octanol–water partition coefficient (Wildman–Crippen LogP) is 4.05. The lowest BCUT2D eigenvalue weighted by molar-refractivity contribution is -0.274. The third-order valence-corrected chi connectivity index (χ3v) is 7.96. The Kier molecular flexibility index (Phi) is 7.26. The van der Waals surface area contributed by atoms with E-state index in [0.29, 0.717) is 30.9 Å². The number of hydrogen-bond donors (Lipinski definition) is 3. The van der Waals surface area contributed by atoms with Crippen LogP contribution in [0.15, 0.2) is 42.9 Å². The van der Waals surface area contributed by atoms with Crippen LogP contribution in [-0.4, -0.2) is 61.2 Å². The molecule has 1 atom stereocenters. The Hall–Kier alpha value is -4.36. The maximum atomic E-state index is 13.3. The number of nitrogen functional groups attached to an aromatic ring is 1. The zero-order valence-electron chi connectivity index (χ0n) is 22.3. The van der Waals surface area contributed by atoms with Crippen molar-refractivity contribution in [3.05, 3.63) is 54.1 Å². The number of nitrogens with one attached hydrogen (secondary N) is 1. The number of pyridine rings is 2. The minimum absolute atomic E-state index is 0.0803. The van der Waals surface area contributed by atoms with Crippen molar-refractivity contribution in [3.8, 4) is 17.0 Å². The van der Waals surface area contributed by atoms with Gasteiger partial charge in [-0.15, -0.1) is 13.2 Å². The molecule has 2 fully saturated rings. The topological polar surface area (TPSA) is 148 Å². The van der Waals surface area contributed by atoms with Gasteiger partial charge >= 0.3 is 12.4 Å². The van der Waals surface area contributed by atoms with E-state index >= 15 is 0 Å². The zero-order chi connectivity index (χ0) is 29.4. The fourth-order valence-corrected chi connectivity index (χ4v) is 5.83. The molecular weight excluding hydrogens is 543 g/mol. The van der Waals surface area contributed by atoms with Crippen LogP contribution >= 0.6 is 0 Å². The third kappa shape index (κ3) is 5.77. The lowest BCUT2D eigenvalue weighted by Gasteiger charge is -2.43. The minimum atomic E-state index is -4.88. The number of alkyl halides is 3. The number of hydrogen-bond acceptors (Lipinski definition) is 7. The zero-order valence-corrected chi connectivity index (χ0v) is 22.3. The summed E-state index contributed by atoms with van der Waals surface area (Å²) in [5.41, 5.74) is 7.89. The Morgan fingerprint density at radius 3 is 2.44 bits per heavy atom. The van der Waals surface area contributed by atoms with E-state index in [1.165, 1.54) is 12.3 Å². The number of anilines is 1. The summed E-state index contributed by atoms with van der Waals surface area (Å²) < 4.78 is 44.1. The molecule has 1 spiro atoms. The molecule has 5 heterocycles. The van der Waals surface area contributed by atoms with Crippen LogP contribution in [0.3, 0.4) is 0 Å². The van der Waals surface area contributed by atoms with Gasteiger partial charge in [0.2, 0.25) is 0 Å². The monoisotopic (exact) mass is 573 g/mol. The summed E-state index contributed by atoms with van der Waals surface area (Å²) in [5.74, 6) is -1.74. The number of aliphatic carboxylic acids is 1. The molecule has 0 unspecified atom stereocenters. The molecular formula is C27H30F3N7O4. The second kappa shape index (κ2) is 10.6. The Balaban J connectivity index is 0.000000794. The Morgan fingerprint density at radius 1 is 1.12 bits per heavy atom. The van der Waals surface area contributed by atoms with E-state index in [2.05, 4.69) is 25.1 Å². The molecule has 3 aliphatic rings. The lowest BCUT2D eigenvalue weighted by Crippen LogP contribution is -2.54. The van der Waals surface area contributed by atoms with Crippen molar-refractivity contribution < 1.29 is 32.6 Å². The smallest absolute Gasteiger partial charge is 0.481 e. The SMILES string of the molecule is CC(=O)O.Nc1ncc(-c2cc3n(n2)CC[C@@]32CCN(C(=O)NC3(c4ccncc4)CCC3)C2)cc1OC(F)(F)F. The summed E-state index contributed by atoms with van der Waals surface area (Å²) in [6.45, 7) is 2.92. The fourth-order valence-electron chi connectivity index (χ4n) is 5.83. The van der Waals surface area contributed by atoms with Crippen molar-refractivity contribution in [1.82, 2.24) is 30.0 Å². The summed E-state index contributed by atoms with van der Waals surface area (Å²) in [7, 11) is 0. The summed E-state index contributed by atoms with van der Waals surface area (Å²) >= 11 is 0. The number of aryl methyl sites for hydroxylation is 1. The van der Waals surface area contributed by atoms with Crippen molar-refractivity contribution >= 4 is 17.8 Å². The van der Waals surface area contributed by atoms with Gasteiger partial charge in [-0.25, -0.2) is 9.78 Å². The van der Waals surface area contributed by atoms with Crippen molar-refractivity contribution in [3.63, 3.8) is 0 Å². The molecule has 0 aromatic carbocycles. The van der Waals surface area contributed by atoms with Crippen LogP contribution in [-0.2, 0) is 22.3 Å². The molecule has 3 aromatic rings. The van der Waals surface area contributed by atoms with E-state index in [9.17, 15) is 18.0 Å². The first kappa shape index (κ1) is 28.2. The van der Waals surface area contributed by atoms with Crippen LogP contribution in [0, 0.1) is 0 Å². The standard InChI is InChI=1S/C25H26F3N7O2.C2H4O2/c26-25(27,28)37-19-12-16(14-31-21(19)29)18-13-20-23(7-11-35(20)33-18)6-10-34(15-23)22(36)32-24(4-1-5-24)17-2-8-30-9-3-17;1-2(3)4/h2-3,8-9,12-14H,1,4-7,10-11,15H2,(H2,29,31)(H,32,36);1H3,(H,3,4)/t23-;/m1./s1. The van der Waals surface area contributed by atoms with Gasteiger partial charge in [0.1, 0.15) is 0 Å². The second-order valence-corrected chi connectivity index (χ2v) is 10.6. The van der Waals surface area contributed by atoms with E-state index in [0.717, 1.165) is 50.3 Å². The van der Waals surface area contributed by atoms with Gasteiger partial charge < -0.3 is 25.8 Å². The number of likely N-dealkylation sites (tertiary alicyclic amines) is 1. The lowest BCUT2D eigenvalue weighted by atomic mass is 9.72. The van der Waals surface area contributed by atoms with Crippen molar-refractivity contribution in [2.75, 3.05) is 18.8 Å². The number of carboxylic acids is 1. The fraction of sp³-hybridized carbons (Fsp3) is 0.444. The number of aromatic nitrogens is 4. The quantitative estimate of drug-likeness (QED) is 0.423. The number of urea groups is 1. The van der Waals surface area contributed by atoms with Gasteiger partial charge in [-0.3, -0.25) is 14.5 Å². The number of nitrogens with zero attached hydrogens (tertiary/aromatic N) is 5. The third-order valence-electron chi connectivity index (χ3n) is 7.96. The summed E-state index contributed by atoms with van der Waals surface area (Å²) in [4.78, 5) is 32.2. The average molecular weight is 574 g/mol.